The molecule has 1 rings (SSSR count). The third-order valence-electron chi connectivity index (χ3n) is 1.46. The Morgan fingerprint density at radius 3 is 3.08 bits per heavy atom. The lowest BCUT2D eigenvalue weighted by atomic mass is 10.3. The van der Waals surface area contributed by atoms with E-state index in [-0.39, 0.29) is 0 Å². The Balaban J connectivity index is 2.59. The van der Waals surface area contributed by atoms with Crippen LogP contribution in [0.4, 0.5) is 0 Å². The molecule has 0 aliphatic heterocycles. The summed E-state index contributed by atoms with van der Waals surface area (Å²) in [4.78, 5) is 0. The van der Waals surface area contributed by atoms with Gasteiger partial charge < -0.3 is 5.73 Å². The fourth-order valence-corrected chi connectivity index (χ4v) is 0.838. The fraction of sp³-hybridized carbons (Fsp3) is 0.444. The number of aryl methyl sites for hydroxylation is 1. The van der Waals surface area contributed by atoms with Crippen molar-refractivity contribution in [2.75, 3.05) is 6.54 Å². The van der Waals surface area contributed by atoms with Crippen LogP contribution in [0, 0.1) is 11.8 Å². The molecule has 0 fully saturated rings. The smallest absolute Gasteiger partial charge is 0.0646 e. The van der Waals surface area contributed by atoms with Crippen LogP contribution in [-0.4, -0.2) is 16.3 Å². The van der Waals surface area contributed by atoms with Crippen molar-refractivity contribution in [3.63, 3.8) is 0 Å². The lowest BCUT2D eigenvalue weighted by Crippen LogP contribution is -1.95. The highest BCUT2D eigenvalue weighted by molar-refractivity contribution is 5.29. The van der Waals surface area contributed by atoms with E-state index in [2.05, 4.69) is 16.9 Å². The maximum atomic E-state index is 5.30. The quantitative estimate of drug-likeness (QED) is 0.649. The Bertz CT molecular complexity index is 290. The molecule has 0 saturated heterocycles. The van der Waals surface area contributed by atoms with Gasteiger partial charge in [0.25, 0.3) is 0 Å². The topological polar surface area (TPSA) is 43.8 Å². The number of hydrogen-bond donors (Lipinski definition) is 1. The van der Waals surface area contributed by atoms with Gasteiger partial charge in [0, 0.05) is 25.7 Å². The Labute approximate surface area is 72.6 Å². The van der Waals surface area contributed by atoms with Crippen LogP contribution in [0.2, 0.25) is 0 Å². The fourth-order valence-electron chi connectivity index (χ4n) is 0.838. The monoisotopic (exact) mass is 163 g/mol. The molecule has 3 heteroatoms. The van der Waals surface area contributed by atoms with Crippen LogP contribution in [0.15, 0.2) is 12.4 Å². The zero-order valence-electron chi connectivity index (χ0n) is 7.25. The average Bonchev–Trinajstić information content (AvgIpc) is 2.53. The second kappa shape index (κ2) is 4.58. The summed E-state index contributed by atoms with van der Waals surface area (Å²) in [6.45, 7) is 3.55. The zero-order chi connectivity index (χ0) is 8.81. The molecule has 12 heavy (non-hydrogen) atoms. The van der Waals surface area contributed by atoms with E-state index >= 15 is 0 Å². The maximum absolute atomic E-state index is 5.30. The second-order valence-corrected chi connectivity index (χ2v) is 2.43. The predicted octanol–water partition coefficient (Wildman–Crippen LogP) is 0.603. The van der Waals surface area contributed by atoms with Crippen molar-refractivity contribution in [3.8, 4) is 11.8 Å². The molecule has 0 aliphatic rings. The molecular weight excluding hydrogens is 150 g/mol. The van der Waals surface area contributed by atoms with Crippen LogP contribution < -0.4 is 5.73 Å². The van der Waals surface area contributed by atoms with E-state index in [1.54, 1.807) is 6.20 Å². The maximum Gasteiger partial charge on any atom is 0.0646 e. The molecule has 0 spiro atoms. The summed E-state index contributed by atoms with van der Waals surface area (Å²) in [7, 11) is 0. The van der Waals surface area contributed by atoms with E-state index in [9.17, 15) is 0 Å². The first-order valence-corrected chi connectivity index (χ1v) is 4.08. The van der Waals surface area contributed by atoms with E-state index in [0.29, 0.717) is 6.54 Å². The van der Waals surface area contributed by atoms with Crippen molar-refractivity contribution in [1.82, 2.24) is 9.78 Å². The molecule has 0 aliphatic carbocycles. The van der Waals surface area contributed by atoms with Gasteiger partial charge in [-0.15, -0.1) is 0 Å². The Kier molecular flexibility index (Phi) is 3.36. The third-order valence-corrected chi connectivity index (χ3v) is 1.46. The Morgan fingerprint density at radius 2 is 2.50 bits per heavy atom. The van der Waals surface area contributed by atoms with Gasteiger partial charge in [0.1, 0.15) is 0 Å². The van der Waals surface area contributed by atoms with E-state index in [1.807, 2.05) is 17.8 Å². The number of aromatic nitrogens is 2. The van der Waals surface area contributed by atoms with Gasteiger partial charge in [0.2, 0.25) is 0 Å². The molecule has 0 aromatic carbocycles. The molecule has 0 bridgehead atoms. The summed E-state index contributed by atoms with van der Waals surface area (Å²) in [5.41, 5.74) is 6.26. The van der Waals surface area contributed by atoms with Gasteiger partial charge in [-0.2, -0.15) is 5.10 Å². The molecule has 3 nitrogen and oxygen atoms in total. The summed E-state index contributed by atoms with van der Waals surface area (Å²) in [5, 5.41) is 4.10. The van der Waals surface area contributed by atoms with Crippen LogP contribution in [0.1, 0.15) is 18.9 Å². The van der Waals surface area contributed by atoms with Crippen LogP contribution in [0.3, 0.4) is 0 Å². The molecule has 1 heterocycles. The van der Waals surface area contributed by atoms with Gasteiger partial charge in [-0.3, -0.25) is 4.68 Å². The number of hydrogen-bond acceptors (Lipinski definition) is 2. The van der Waals surface area contributed by atoms with Crippen molar-refractivity contribution in [3.05, 3.63) is 18.0 Å². The van der Waals surface area contributed by atoms with E-state index in [0.717, 1.165) is 18.5 Å². The molecule has 1 aromatic heterocycles. The molecule has 0 unspecified atom stereocenters. The Morgan fingerprint density at radius 1 is 1.67 bits per heavy atom. The summed E-state index contributed by atoms with van der Waals surface area (Å²) in [5.74, 6) is 5.95. The average molecular weight is 163 g/mol. The first kappa shape index (κ1) is 8.82. The van der Waals surface area contributed by atoms with Crippen LogP contribution in [-0.2, 0) is 6.54 Å². The summed E-state index contributed by atoms with van der Waals surface area (Å²) >= 11 is 0. The highest BCUT2D eigenvalue weighted by Gasteiger charge is 1.90. The van der Waals surface area contributed by atoms with Crippen LogP contribution in [0.5, 0.6) is 0 Å². The minimum absolute atomic E-state index is 0.620. The van der Waals surface area contributed by atoms with Gasteiger partial charge in [-0.05, 0) is 6.92 Å². The van der Waals surface area contributed by atoms with E-state index < -0.39 is 0 Å². The molecule has 0 saturated carbocycles. The van der Waals surface area contributed by atoms with Crippen molar-refractivity contribution in [2.24, 2.45) is 5.73 Å². The molecule has 64 valence electrons. The van der Waals surface area contributed by atoms with Crippen molar-refractivity contribution < 1.29 is 0 Å². The number of nitrogens with zero attached hydrogens (tertiary/aromatic N) is 2. The summed E-state index contributed by atoms with van der Waals surface area (Å²) < 4.78 is 1.85. The number of rotatable bonds is 2. The SMILES string of the molecule is CCn1cc(C#CCCN)cn1. The normalized spacial score (nSPS) is 9.17. The first-order valence-electron chi connectivity index (χ1n) is 4.08. The van der Waals surface area contributed by atoms with E-state index in [1.165, 1.54) is 0 Å². The van der Waals surface area contributed by atoms with Gasteiger partial charge >= 0.3 is 0 Å². The highest BCUT2D eigenvalue weighted by Crippen LogP contribution is 1.94. The van der Waals surface area contributed by atoms with Gasteiger partial charge in [-0.1, -0.05) is 11.8 Å². The minimum atomic E-state index is 0.620. The molecule has 0 atom stereocenters. The van der Waals surface area contributed by atoms with Crippen LogP contribution >= 0.6 is 0 Å². The van der Waals surface area contributed by atoms with Gasteiger partial charge in [0.05, 0.1) is 11.8 Å². The van der Waals surface area contributed by atoms with Crippen molar-refractivity contribution in [1.29, 1.82) is 0 Å². The van der Waals surface area contributed by atoms with Crippen LogP contribution in [0.25, 0.3) is 0 Å². The van der Waals surface area contributed by atoms with Crippen molar-refractivity contribution >= 4 is 0 Å². The third kappa shape index (κ3) is 2.40. The van der Waals surface area contributed by atoms with Gasteiger partial charge in [-0.25, -0.2) is 0 Å². The molecule has 0 amide bonds. The lowest BCUT2D eigenvalue weighted by Gasteiger charge is -1.88. The van der Waals surface area contributed by atoms with E-state index in [4.69, 9.17) is 5.73 Å². The highest BCUT2D eigenvalue weighted by atomic mass is 15.3. The largest absolute Gasteiger partial charge is 0.330 e. The van der Waals surface area contributed by atoms with Crippen molar-refractivity contribution in [2.45, 2.75) is 19.9 Å². The minimum Gasteiger partial charge on any atom is -0.330 e. The molecule has 0 radical (unpaired) electrons. The zero-order valence-corrected chi connectivity index (χ0v) is 7.25. The predicted molar refractivity (Wildman–Crippen MR) is 48.5 cm³/mol. The molecular formula is C9H13N3. The standard InChI is InChI=1S/C9H13N3/c1-2-12-8-9(7-11-12)5-3-4-6-10/h7-8H,2,4,6,10H2,1H3. The lowest BCUT2D eigenvalue weighted by molar-refractivity contribution is 0.660. The molecule has 1 aromatic rings. The molecule has 2 N–H and O–H groups in total. The Hall–Kier alpha value is -1.27. The summed E-state index contributed by atoms with van der Waals surface area (Å²) in [6, 6.07) is 0. The second-order valence-electron chi connectivity index (χ2n) is 2.43. The first-order chi connectivity index (χ1) is 5.86. The summed E-state index contributed by atoms with van der Waals surface area (Å²) in [6.07, 6.45) is 4.45. The number of nitrogens with two attached hydrogens (primary N) is 1. The van der Waals surface area contributed by atoms with Gasteiger partial charge in [0.15, 0.2) is 0 Å².